The smallest absolute Gasteiger partial charge is 0.251 e. The minimum atomic E-state index is -0.00639. The third-order valence-electron chi connectivity index (χ3n) is 1.37. The van der Waals surface area contributed by atoms with Crippen molar-refractivity contribution in [2.75, 3.05) is 13.6 Å². The van der Waals surface area contributed by atoms with Crippen LogP contribution in [0.2, 0.25) is 0 Å². The molecule has 13 heavy (non-hydrogen) atoms. The number of hydrogen-bond donors (Lipinski definition) is 2. The SMILES string of the molecule is CCNC(=O)c1ccccc1.CN. The van der Waals surface area contributed by atoms with Crippen LogP contribution in [0.25, 0.3) is 0 Å². The van der Waals surface area contributed by atoms with Gasteiger partial charge in [0.15, 0.2) is 0 Å². The highest BCUT2D eigenvalue weighted by atomic mass is 16.1. The molecule has 0 aromatic heterocycles. The van der Waals surface area contributed by atoms with Crippen molar-refractivity contribution in [3.8, 4) is 0 Å². The van der Waals surface area contributed by atoms with Gasteiger partial charge in [-0.1, -0.05) is 18.2 Å². The third-order valence-corrected chi connectivity index (χ3v) is 1.37. The number of carbonyl (C=O) groups excluding carboxylic acids is 1. The van der Waals surface area contributed by atoms with Gasteiger partial charge in [-0.25, -0.2) is 0 Å². The molecule has 1 amide bonds. The van der Waals surface area contributed by atoms with Crippen LogP contribution in [0.1, 0.15) is 17.3 Å². The molecule has 0 radical (unpaired) electrons. The summed E-state index contributed by atoms with van der Waals surface area (Å²) < 4.78 is 0. The van der Waals surface area contributed by atoms with Gasteiger partial charge in [0, 0.05) is 12.1 Å². The lowest BCUT2D eigenvalue weighted by atomic mass is 10.2. The Hall–Kier alpha value is -1.35. The number of nitrogens with two attached hydrogens (primary N) is 1. The van der Waals surface area contributed by atoms with Crippen molar-refractivity contribution >= 4 is 5.91 Å². The molecule has 1 rings (SSSR count). The second-order valence-corrected chi connectivity index (χ2v) is 2.23. The highest BCUT2D eigenvalue weighted by Gasteiger charge is 1.99. The summed E-state index contributed by atoms with van der Waals surface area (Å²) in [5.74, 6) is -0.00639. The summed E-state index contributed by atoms with van der Waals surface area (Å²) in [5.41, 5.74) is 5.22. The molecule has 0 spiro atoms. The first-order valence-electron chi connectivity index (χ1n) is 4.25. The zero-order valence-electron chi connectivity index (χ0n) is 8.08. The van der Waals surface area contributed by atoms with Gasteiger partial charge >= 0.3 is 0 Å². The molecule has 0 heterocycles. The standard InChI is InChI=1S/C9H11NO.CH5N/c1-2-10-9(11)8-6-4-3-5-7-8;1-2/h3-7H,2H2,1H3,(H,10,11);2H2,1H3. The summed E-state index contributed by atoms with van der Waals surface area (Å²) >= 11 is 0. The van der Waals surface area contributed by atoms with Crippen molar-refractivity contribution in [1.29, 1.82) is 0 Å². The molecular formula is C10H16N2O. The predicted molar refractivity (Wildman–Crippen MR) is 54.6 cm³/mol. The zero-order chi connectivity index (χ0) is 10.1. The summed E-state index contributed by atoms with van der Waals surface area (Å²) in [7, 11) is 1.50. The Balaban J connectivity index is 0.000000671. The number of hydrogen-bond acceptors (Lipinski definition) is 2. The quantitative estimate of drug-likeness (QED) is 0.713. The number of rotatable bonds is 2. The molecule has 0 fully saturated rings. The van der Waals surface area contributed by atoms with Gasteiger partial charge < -0.3 is 11.1 Å². The third kappa shape index (κ3) is 4.28. The Labute approximate surface area is 78.9 Å². The van der Waals surface area contributed by atoms with Crippen LogP contribution in [-0.4, -0.2) is 19.5 Å². The van der Waals surface area contributed by atoms with Gasteiger partial charge in [0.2, 0.25) is 0 Å². The lowest BCUT2D eigenvalue weighted by Gasteiger charge is -1.99. The van der Waals surface area contributed by atoms with E-state index in [1.165, 1.54) is 7.05 Å². The van der Waals surface area contributed by atoms with Crippen molar-refractivity contribution in [1.82, 2.24) is 5.32 Å². The summed E-state index contributed by atoms with van der Waals surface area (Å²) in [6.45, 7) is 2.58. The van der Waals surface area contributed by atoms with Gasteiger partial charge in [-0.05, 0) is 26.1 Å². The molecule has 0 aliphatic rings. The Morgan fingerprint density at radius 2 is 1.85 bits per heavy atom. The lowest BCUT2D eigenvalue weighted by Crippen LogP contribution is -2.22. The summed E-state index contributed by atoms with van der Waals surface area (Å²) in [5, 5.41) is 2.72. The normalized spacial score (nSPS) is 8.23. The van der Waals surface area contributed by atoms with E-state index in [0.717, 1.165) is 0 Å². The molecule has 0 aliphatic carbocycles. The first kappa shape index (κ1) is 11.6. The molecule has 0 saturated heterocycles. The number of benzene rings is 1. The van der Waals surface area contributed by atoms with Gasteiger partial charge in [-0.15, -0.1) is 0 Å². The highest BCUT2D eigenvalue weighted by Crippen LogP contribution is 1.96. The topological polar surface area (TPSA) is 55.1 Å². The van der Waals surface area contributed by atoms with Crippen molar-refractivity contribution in [2.45, 2.75) is 6.92 Å². The minimum Gasteiger partial charge on any atom is -0.352 e. The van der Waals surface area contributed by atoms with Crippen LogP contribution in [0.4, 0.5) is 0 Å². The summed E-state index contributed by atoms with van der Waals surface area (Å²) in [6.07, 6.45) is 0. The second-order valence-electron chi connectivity index (χ2n) is 2.23. The molecule has 0 atom stereocenters. The van der Waals surface area contributed by atoms with Gasteiger partial charge in [0.05, 0.1) is 0 Å². The van der Waals surface area contributed by atoms with E-state index in [1.54, 1.807) is 12.1 Å². The summed E-state index contributed by atoms with van der Waals surface area (Å²) in [6, 6.07) is 9.19. The van der Waals surface area contributed by atoms with Crippen molar-refractivity contribution < 1.29 is 4.79 Å². The maximum absolute atomic E-state index is 11.1. The number of amides is 1. The fourth-order valence-electron chi connectivity index (χ4n) is 0.852. The monoisotopic (exact) mass is 180 g/mol. The van der Waals surface area contributed by atoms with E-state index >= 15 is 0 Å². The molecule has 0 unspecified atom stereocenters. The average Bonchev–Trinajstić information content (AvgIpc) is 2.23. The maximum atomic E-state index is 11.1. The van der Waals surface area contributed by atoms with Crippen molar-refractivity contribution in [2.24, 2.45) is 5.73 Å². The maximum Gasteiger partial charge on any atom is 0.251 e. The first-order chi connectivity index (χ1) is 6.34. The molecule has 3 heteroatoms. The average molecular weight is 180 g/mol. The molecule has 1 aromatic carbocycles. The molecule has 0 saturated carbocycles. The second kappa shape index (κ2) is 7.31. The van der Waals surface area contributed by atoms with E-state index in [4.69, 9.17) is 0 Å². The van der Waals surface area contributed by atoms with Crippen LogP contribution in [0.15, 0.2) is 30.3 Å². The van der Waals surface area contributed by atoms with Gasteiger partial charge in [-0.3, -0.25) is 4.79 Å². The molecule has 3 N–H and O–H groups in total. The lowest BCUT2D eigenvalue weighted by molar-refractivity contribution is 0.0956. The minimum absolute atomic E-state index is 0.00639. The van der Waals surface area contributed by atoms with Crippen LogP contribution in [0.3, 0.4) is 0 Å². The Morgan fingerprint density at radius 1 is 1.31 bits per heavy atom. The van der Waals surface area contributed by atoms with E-state index in [0.29, 0.717) is 12.1 Å². The largest absolute Gasteiger partial charge is 0.352 e. The first-order valence-corrected chi connectivity index (χ1v) is 4.25. The Morgan fingerprint density at radius 3 is 2.31 bits per heavy atom. The molecular weight excluding hydrogens is 164 g/mol. The number of carbonyl (C=O) groups is 1. The van der Waals surface area contributed by atoms with Crippen LogP contribution in [-0.2, 0) is 0 Å². The zero-order valence-corrected chi connectivity index (χ0v) is 8.08. The molecule has 3 nitrogen and oxygen atoms in total. The van der Waals surface area contributed by atoms with Gasteiger partial charge in [0.1, 0.15) is 0 Å². The predicted octanol–water partition coefficient (Wildman–Crippen LogP) is 1.01. The van der Waals surface area contributed by atoms with E-state index in [-0.39, 0.29) is 5.91 Å². The molecule has 72 valence electrons. The Bertz CT molecular complexity index is 234. The van der Waals surface area contributed by atoms with Crippen LogP contribution in [0.5, 0.6) is 0 Å². The molecule has 0 aliphatic heterocycles. The van der Waals surface area contributed by atoms with Crippen molar-refractivity contribution in [3.05, 3.63) is 35.9 Å². The van der Waals surface area contributed by atoms with Crippen LogP contribution in [0, 0.1) is 0 Å². The van der Waals surface area contributed by atoms with Crippen LogP contribution < -0.4 is 11.1 Å². The highest BCUT2D eigenvalue weighted by molar-refractivity contribution is 5.93. The van der Waals surface area contributed by atoms with E-state index in [2.05, 4.69) is 11.1 Å². The van der Waals surface area contributed by atoms with E-state index in [9.17, 15) is 4.79 Å². The molecule has 0 bridgehead atoms. The van der Waals surface area contributed by atoms with E-state index in [1.807, 2.05) is 25.1 Å². The summed E-state index contributed by atoms with van der Waals surface area (Å²) in [4.78, 5) is 11.1. The molecule has 1 aromatic rings. The van der Waals surface area contributed by atoms with Crippen molar-refractivity contribution in [3.63, 3.8) is 0 Å². The fourth-order valence-corrected chi connectivity index (χ4v) is 0.852. The van der Waals surface area contributed by atoms with Gasteiger partial charge in [0.25, 0.3) is 5.91 Å². The number of nitrogens with one attached hydrogen (secondary N) is 1. The fraction of sp³-hybridized carbons (Fsp3) is 0.300. The van der Waals surface area contributed by atoms with Gasteiger partial charge in [-0.2, -0.15) is 0 Å². The van der Waals surface area contributed by atoms with E-state index < -0.39 is 0 Å². The Kier molecular flexibility index (Phi) is 6.55. The van der Waals surface area contributed by atoms with Crippen LogP contribution >= 0.6 is 0 Å².